The summed E-state index contributed by atoms with van der Waals surface area (Å²) in [7, 11) is 0. The highest BCUT2D eigenvalue weighted by atomic mass is 79.9. The fourth-order valence-electron chi connectivity index (χ4n) is 2.29. The molecule has 2 aromatic rings. The Hall–Kier alpha value is -1.23. The highest BCUT2D eigenvalue weighted by Gasteiger charge is 2.11. The van der Waals surface area contributed by atoms with Crippen LogP contribution in [-0.2, 0) is 12.8 Å². The van der Waals surface area contributed by atoms with E-state index >= 15 is 0 Å². The van der Waals surface area contributed by atoms with E-state index < -0.39 is 0 Å². The highest BCUT2D eigenvalue weighted by Crippen LogP contribution is 2.16. The van der Waals surface area contributed by atoms with Gasteiger partial charge in [0, 0.05) is 10.5 Å². The van der Waals surface area contributed by atoms with E-state index in [0.717, 1.165) is 28.4 Å². The van der Waals surface area contributed by atoms with Crippen molar-refractivity contribution in [2.75, 3.05) is 0 Å². The lowest BCUT2D eigenvalue weighted by molar-refractivity contribution is 0.520. The molecule has 0 heterocycles. The van der Waals surface area contributed by atoms with E-state index in [4.69, 9.17) is 5.84 Å². The number of hydrogen-bond acceptors (Lipinski definition) is 2. The summed E-state index contributed by atoms with van der Waals surface area (Å²) >= 11 is 3.47. The SMILES string of the molecule is Cc1cc(F)ccc1CC(Cc1cccc(Br)c1)NN. The number of rotatable bonds is 5. The molecule has 2 nitrogen and oxygen atoms in total. The average Bonchev–Trinajstić information content (AvgIpc) is 2.41. The summed E-state index contributed by atoms with van der Waals surface area (Å²) in [6.45, 7) is 1.92. The van der Waals surface area contributed by atoms with E-state index in [1.165, 1.54) is 11.6 Å². The summed E-state index contributed by atoms with van der Waals surface area (Å²) in [5.41, 5.74) is 6.13. The van der Waals surface area contributed by atoms with Crippen molar-refractivity contribution >= 4 is 15.9 Å². The van der Waals surface area contributed by atoms with Gasteiger partial charge < -0.3 is 0 Å². The van der Waals surface area contributed by atoms with Crippen molar-refractivity contribution in [1.82, 2.24) is 5.43 Å². The Morgan fingerprint density at radius 2 is 2.00 bits per heavy atom. The molecule has 0 bridgehead atoms. The van der Waals surface area contributed by atoms with E-state index in [-0.39, 0.29) is 11.9 Å². The Morgan fingerprint density at radius 1 is 1.20 bits per heavy atom. The van der Waals surface area contributed by atoms with Crippen molar-refractivity contribution < 1.29 is 4.39 Å². The van der Waals surface area contributed by atoms with E-state index in [0.29, 0.717) is 0 Å². The second kappa shape index (κ2) is 6.97. The first kappa shape index (κ1) is 15.2. The summed E-state index contributed by atoms with van der Waals surface area (Å²) in [6.07, 6.45) is 1.60. The van der Waals surface area contributed by atoms with Gasteiger partial charge in [-0.25, -0.2) is 4.39 Å². The quantitative estimate of drug-likeness (QED) is 0.647. The Morgan fingerprint density at radius 3 is 2.65 bits per heavy atom. The van der Waals surface area contributed by atoms with Gasteiger partial charge in [0.05, 0.1) is 0 Å². The number of hydrogen-bond donors (Lipinski definition) is 2. The predicted octanol–water partition coefficient (Wildman–Crippen LogP) is 3.51. The molecular formula is C16H18BrFN2. The van der Waals surface area contributed by atoms with Crippen molar-refractivity contribution in [3.63, 3.8) is 0 Å². The van der Waals surface area contributed by atoms with Crippen molar-refractivity contribution in [1.29, 1.82) is 0 Å². The molecule has 0 aliphatic carbocycles. The number of nitrogens with two attached hydrogens (primary N) is 1. The summed E-state index contributed by atoms with van der Waals surface area (Å²) in [4.78, 5) is 0. The minimum absolute atomic E-state index is 0.119. The van der Waals surface area contributed by atoms with Crippen LogP contribution in [0.1, 0.15) is 16.7 Å². The molecule has 0 fully saturated rings. The molecule has 0 radical (unpaired) electrons. The van der Waals surface area contributed by atoms with Crippen LogP contribution < -0.4 is 11.3 Å². The maximum absolute atomic E-state index is 13.1. The van der Waals surface area contributed by atoms with Crippen LogP contribution in [0.15, 0.2) is 46.9 Å². The molecule has 0 spiro atoms. The van der Waals surface area contributed by atoms with Crippen molar-refractivity contribution in [2.45, 2.75) is 25.8 Å². The van der Waals surface area contributed by atoms with Crippen LogP contribution in [0.5, 0.6) is 0 Å². The van der Waals surface area contributed by atoms with Crippen LogP contribution >= 0.6 is 15.9 Å². The topological polar surface area (TPSA) is 38.0 Å². The van der Waals surface area contributed by atoms with Crippen LogP contribution in [-0.4, -0.2) is 6.04 Å². The zero-order valence-electron chi connectivity index (χ0n) is 11.4. The largest absolute Gasteiger partial charge is 0.271 e. The van der Waals surface area contributed by atoms with Crippen LogP contribution in [0, 0.1) is 12.7 Å². The molecule has 0 aromatic heterocycles. The molecule has 0 amide bonds. The smallest absolute Gasteiger partial charge is 0.123 e. The highest BCUT2D eigenvalue weighted by molar-refractivity contribution is 9.10. The maximum atomic E-state index is 13.1. The van der Waals surface area contributed by atoms with E-state index in [1.54, 1.807) is 6.07 Å². The molecule has 0 aliphatic heterocycles. The zero-order valence-corrected chi connectivity index (χ0v) is 13.0. The van der Waals surface area contributed by atoms with Crippen molar-refractivity contribution in [3.05, 3.63) is 69.4 Å². The molecule has 2 aromatic carbocycles. The number of hydrazine groups is 1. The number of benzene rings is 2. The minimum Gasteiger partial charge on any atom is -0.271 e. The summed E-state index contributed by atoms with van der Waals surface area (Å²) in [5.74, 6) is 5.45. The molecule has 1 atom stereocenters. The van der Waals surface area contributed by atoms with Crippen LogP contribution in [0.25, 0.3) is 0 Å². The zero-order chi connectivity index (χ0) is 14.5. The first-order valence-electron chi connectivity index (χ1n) is 6.54. The average molecular weight is 337 g/mol. The Bertz CT molecular complexity index is 586. The molecule has 4 heteroatoms. The molecule has 2 rings (SSSR count). The minimum atomic E-state index is -0.199. The van der Waals surface area contributed by atoms with Crippen LogP contribution in [0.2, 0.25) is 0 Å². The molecule has 0 saturated heterocycles. The monoisotopic (exact) mass is 336 g/mol. The second-order valence-corrected chi connectivity index (χ2v) is 5.89. The van der Waals surface area contributed by atoms with Gasteiger partial charge in [-0.15, -0.1) is 0 Å². The third-order valence-electron chi connectivity index (χ3n) is 3.38. The van der Waals surface area contributed by atoms with Gasteiger partial charge in [0.25, 0.3) is 0 Å². The van der Waals surface area contributed by atoms with Crippen LogP contribution in [0.4, 0.5) is 4.39 Å². The lowest BCUT2D eigenvalue weighted by atomic mass is 9.97. The van der Waals surface area contributed by atoms with Crippen LogP contribution in [0.3, 0.4) is 0 Å². The fraction of sp³-hybridized carbons (Fsp3) is 0.250. The number of aryl methyl sites for hydroxylation is 1. The summed E-state index contributed by atoms with van der Waals surface area (Å²) < 4.78 is 14.2. The predicted molar refractivity (Wildman–Crippen MR) is 83.8 cm³/mol. The second-order valence-electron chi connectivity index (χ2n) is 4.97. The Balaban J connectivity index is 2.09. The Kier molecular flexibility index (Phi) is 5.29. The normalized spacial score (nSPS) is 12.4. The lowest BCUT2D eigenvalue weighted by Gasteiger charge is -2.17. The molecule has 0 saturated carbocycles. The fourth-order valence-corrected chi connectivity index (χ4v) is 2.74. The van der Waals surface area contributed by atoms with E-state index in [1.807, 2.05) is 25.1 Å². The van der Waals surface area contributed by atoms with Crippen molar-refractivity contribution in [2.24, 2.45) is 5.84 Å². The first-order valence-corrected chi connectivity index (χ1v) is 7.33. The maximum Gasteiger partial charge on any atom is 0.123 e. The molecule has 1 unspecified atom stereocenters. The van der Waals surface area contributed by atoms with Gasteiger partial charge in [-0.1, -0.05) is 34.1 Å². The number of nitrogens with one attached hydrogen (secondary N) is 1. The van der Waals surface area contributed by atoms with E-state index in [2.05, 4.69) is 33.5 Å². The third-order valence-corrected chi connectivity index (χ3v) is 3.87. The molecule has 20 heavy (non-hydrogen) atoms. The van der Waals surface area contributed by atoms with Gasteiger partial charge >= 0.3 is 0 Å². The Labute approximate surface area is 127 Å². The van der Waals surface area contributed by atoms with Gasteiger partial charge in [-0.05, 0) is 60.7 Å². The molecule has 106 valence electrons. The lowest BCUT2D eigenvalue weighted by Crippen LogP contribution is -2.38. The van der Waals surface area contributed by atoms with Gasteiger partial charge in [0.1, 0.15) is 5.82 Å². The first-order chi connectivity index (χ1) is 9.58. The standard InChI is InChI=1S/C16H18BrFN2/c1-11-7-15(18)6-5-13(11)10-16(20-19)9-12-3-2-4-14(17)8-12/h2-8,16,20H,9-10,19H2,1H3. The van der Waals surface area contributed by atoms with Gasteiger partial charge in [0.15, 0.2) is 0 Å². The third kappa shape index (κ3) is 4.13. The van der Waals surface area contributed by atoms with Crippen molar-refractivity contribution in [3.8, 4) is 0 Å². The van der Waals surface area contributed by atoms with Gasteiger partial charge in [-0.3, -0.25) is 11.3 Å². The molecule has 3 N–H and O–H groups in total. The number of halogens is 2. The summed E-state index contributed by atoms with van der Waals surface area (Å²) in [5, 5.41) is 0. The van der Waals surface area contributed by atoms with Gasteiger partial charge in [0.2, 0.25) is 0 Å². The van der Waals surface area contributed by atoms with E-state index in [9.17, 15) is 4.39 Å². The molecular weight excluding hydrogens is 319 g/mol. The molecule has 0 aliphatic rings. The van der Waals surface area contributed by atoms with Gasteiger partial charge in [-0.2, -0.15) is 0 Å². The summed E-state index contributed by atoms with van der Waals surface area (Å²) in [6, 6.07) is 13.2.